The van der Waals surface area contributed by atoms with Crippen molar-refractivity contribution in [2.45, 2.75) is 50.5 Å². The Morgan fingerprint density at radius 1 is 1.09 bits per heavy atom. The molecule has 10 nitrogen and oxygen atoms in total. The molecule has 2 aromatic heterocycles. The minimum atomic E-state index is -3.67. The van der Waals surface area contributed by atoms with Crippen LogP contribution in [0.25, 0.3) is 11.0 Å². The number of rotatable bonds is 6. The van der Waals surface area contributed by atoms with Crippen molar-refractivity contribution in [3.05, 3.63) is 30.4 Å². The predicted molar refractivity (Wildman–Crippen MR) is 128 cm³/mol. The highest BCUT2D eigenvalue weighted by molar-refractivity contribution is 7.89. The van der Waals surface area contributed by atoms with Crippen molar-refractivity contribution in [1.29, 1.82) is 0 Å². The molecule has 1 aromatic carbocycles. The third-order valence-corrected chi connectivity index (χ3v) is 9.58. The lowest BCUT2D eigenvalue weighted by Crippen LogP contribution is -2.46. The van der Waals surface area contributed by atoms with Crippen LogP contribution in [-0.2, 0) is 27.8 Å². The molecule has 5 rings (SSSR count). The van der Waals surface area contributed by atoms with Gasteiger partial charge in [-0.25, -0.2) is 8.42 Å². The third-order valence-electron chi connectivity index (χ3n) is 7.10. The van der Waals surface area contributed by atoms with Crippen molar-refractivity contribution < 1.29 is 13.2 Å². The minimum Gasteiger partial charge on any atom is -0.342 e. The second kappa shape index (κ2) is 9.67. The largest absolute Gasteiger partial charge is 0.342 e. The summed E-state index contributed by atoms with van der Waals surface area (Å²) in [5.74, 6) is 1.57. The number of benzene rings is 1. The topological polar surface area (TPSA) is 114 Å². The van der Waals surface area contributed by atoms with Gasteiger partial charge in [-0.3, -0.25) is 4.79 Å². The van der Waals surface area contributed by atoms with Crippen molar-refractivity contribution in [2.24, 2.45) is 11.8 Å². The van der Waals surface area contributed by atoms with E-state index in [1.807, 2.05) is 4.90 Å². The number of carbonyl (C=O) groups is 1. The molecule has 2 fully saturated rings. The standard InChI is InChI=1S/C22H29N7O3S2/c1-2-27-15-23-24-20(27)14-16-6-10-28(11-7-16)22(30)17-8-12-29(13-9-17)34(31,32)19-5-3-4-18-21(19)26-33-25-18/h3-5,15-17H,2,6-14H2,1H3. The Hall–Kier alpha value is -2.44. The maximum Gasteiger partial charge on any atom is 0.245 e. The summed E-state index contributed by atoms with van der Waals surface area (Å²) in [6, 6.07) is 5.05. The number of nitrogens with zero attached hydrogens (tertiary/aromatic N) is 7. The van der Waals surface area contributed by atoms with Crippen LogP contribution < -0.4 is 0 Å². The number of hydrogen-bond donors (Lipinski definition) is 0. The van der Waals surface area contributed by atoms with Crippen LogP contribution in [0.3, 0.4) is 0 Å². The first-order chi connectivity index (χ1) is 16.5. The van der Waals surface area contributed by atoms with Crippen LogP contribution in [0.4, 0.5) is 0 Å². The molecular formula is C22H29N7O3S2. The Labute approximate surface area is 203 Å². The van der Waals surface area contributed by atoms with E-state index in [1.165, 1.54) is 4.31 Å². The zero-order valence-electron chi connectivity index (χ0n) is 19.2. The molecule has 0 aliphatic carbocycles. The van der Waals surface area contributed by atoms with Gasteiger partial charge in [0.25, 0.3) is 0 Å². The SMILES string of the molecule is CCn1cnnc1CC1CCN(C(=O)C2CCN(S(=O)(=O)c3cccc4nsnc34)CC2)CC1. The zero-order chi connectivity index (χ0) is 23.7. The second-order valence-corrected chi connectivity index (χ2v) is 11.5. The lowest BCUT2D eigenvalue weighted by atomic mass is 9.91. The van der Waals surface area contributed by atoms with E-state index in [1.54, 1.807) is 24.5 Å². The Morgan fingerprint density at radius 2 is 1.85 bits per heavy atom. The molecule has 0 atom stereocenters. The van der Waals surface area contributed by atoms with E-state index in [9.17, 15) is 13.2 Å². The number of hydrogen-bond acceptors (Lipinski definition) is 8. The summed E-state index contributed by atoms with van der Waals surface area (Å²) >= 11 is 1.01. The smallest absolute Gasteiger partial charge is 0.245 e. The van der Waals surface area contributed by atoms with Crippen molar-refractivity contribution in [2.75, 3.05) is 26.2 Å². The average Bonchev–Trinajstić information content (AvgIpc) is 3.53. The van der Waals surface area contributed by atoms with Gasteiger partial charge >= 0.3 is 0 Å². The molecule has 0 spiro atoms. The van der Waals surface area contributed by atoms with E-state index in [2.05, 4.69) is 30.4 Å². The fraction of sp³-hybridized carbons (Fsp3) is 0.591. The summed E-state index contributed by atoms with van der Waals surface area (Å²) in [6.45, 7) is 5.14. The van der Waals surface area contributed by atoms with Gasteiger partial charge < -0.3 is 9.47 Å². The van der Waals surface area contributed by atoms with Gasteiger partial charge in [0.15, 0.2) is 0 Å². The van der Waals surface area contributed by atoms with E-state index >= 15 is 0 Å². The van der Waals surface area contributed by atoms with E-state index < -0.39 is 10.0 Å². The quantitative estimate of drug-likeness (QED) is 0.506. The fourth-order valence-corrected chi connectivity index (χ4v) is 7.27. The Morgan fingerprint density at radius 3 is 2.59 bits per heavy atom. The van der Waals surface area contributed by atoms with Crippen LogP contribution >= 0.6 is 11.7 Å². The molecule has 4 heterocycles. The van der Waals surface area contributed by atoms with E-state index in [0.29, 0.717) is 42.9 Å². The van der Waals surface area contributed by atoms with Crippen LogP contribution in [0.2, 0.25) is 0 Å². The molecule has 2 aliphatic heterocycles. The first kappa shape index (κ1) is 23.3. The van der Waals surface area contributed by atoms with Gasteiger partial charge in [-0.1, -0.05) is 6.07 Å². The molecule has 182 valence electrons. The van der Waals surface area contributed by atoms with Gasteiger partial charge in [0, 0.05) is 45.1 Å². The number of carbonyl (C=O) groups excluding carboxylic acids is 1. The highest BCUT2D eigenvalue weighted by atomic mass is 32.2. The number of piperidine rings is 2. The Bertz CT molecular complexity index is 1260. The number of fused-ring (bicyclic) bond motifs is 1. The molecule has 1 amide bonds. The number of amides is 1. The molecule has 0 bridgehead atoms. The third kappa shape index (κ3) is 4.46. The van der Waals surface area contributed by atoms with Crippen molar-refractivity contribution in [3.8, 4) is 0 Å². The number of aryl methyl sites for hydroxylation is 1. The summed E-state index contributed by atoms with van der Waals surface area (Å²) < 4.78 is 38.4. The molecule has 0 saturated carbocycles. The van der Waals surface area contributed by atoms with E-state index in [0.717, 1.165) is 56.4 Å². The molecule has 34 heavy (non-hydrogen) atoms. The molecule has 0 N–H and O–H groups in total. The molecule has 3 aromatic rings. The molecule has 0 unspecified atom stereocenters. The molecule has 2 saturated heterocycles. The maximum absolute atomic E-state index is 13.2. The summed E-state index contributed by atoms with van der Waals surface area (Å²) in [4.78, 5) is 15.3. The van der Waals surface area contributed by atoms with Gasteiger partial charge in [-0.15, -0.1) is 10.2 Å². The van der Waals surface area contributed by atoms with Crippen LogP contribution in [0.5, 0.6) is 0 Å². The van der Waals surface area contributed by atoms with Crippen LogP contribution in [0.1, 0.15) is 38.4 Å². The fourth-order valence-electron chi connectivity index (χ4n) is 5.05. The Kier molecular flexibility index (Phi) is 6.63. The molecule has 0 radical (unpaired) electrons. The van der Waals surface area contributed by atoms with Crippen molar-refractivity contribution >= 4 is 38.7 Å². The highest BCUT2D eigenvalue weighted by Gasteiger charge is 2.36. The van der Waals surface area contributed by atoms with E-state index in [-0.39, 0.29) is 16.7 Å². The highest BCUT2D eigenvalue weighted by Crippen LogP contribution is 2.30. The monoisotopic (exact) mass is 503 g/mol. The lowest BCUT2D eigenvalue weighted by Gasteiger charge is -2.37. The first-order valence-electron chi connectivity index (χ1n) is 11.8. The second-order valence-electron chi connectivity index (χ2n) is 9.07. The van der Waals surface area contributed by atoms with Gasteiger partial charge in [0.1, 0.15) is 28.1 Å². The van der Waals surface area contributed by atoms with E-state index in [4.69, 9.17) is 0 Å². The number of sulfonamides is 1. The molecule has 12 heteroatoms. The van der Waals surface area contributed by atoms with Crippen molar-refractivity contribution in [3.63, 3.8) is 0 Å². The van der Waals surface area contributed by atoms with Crippen LogP contribution in [-0.4, -0.2) is 73.2 Å². The van der Waals surface area contributed by atoms with Crippen LogP contribution in [0, 0.1) is 11.8 Å². The minimum absolute atomic E-state index is 0.122. The summed E-state index contributed by atoms with van der Waals surface area (Å²) in [5, 5.41) is 8.26. The first-order valence-corrected chi connectivity index (χ1v) is 14.0. The van der Waals surface area contributed by atoms with Crippen molar-refractivity contribution in [1.82, 2.24) is 32.7 Å². The van der Waals surface area contributed by atoms with Gasteiger partial charge in [0.2, 0.25) is 15.9 Å². The Balaban J connectivity index is 1.15. The average molecular weight is 504 g/mol. The van der Waals surface area contributed by atoms with Gasteiger partial charge in [-0.05, 0) is 50.7 Å². The summed E-state index contributed by atoms with van der Waals surface area (Å²) in [7, 11) is -3.67. The normalized spacial score (nSPS) is 19.1. The molecule has 2 aliphatic rings. The lowest BCUT2D eigenvalue weighted by molar-refractivity contribution is -0.138. The summed E-state index contributed by atoms with van der Waals surface area (Å²) in [6.07, 6.45) is 5.68. The number of aromatic nitrogens is 5. The summed E-state index contributed by atoms with van der Waals surface area (Å²) in [5.41, 5.74) is 1.01. The van der Waals surface area contributed by atoms with Gasteiger partial charge in [0.05, 0.1) is 11.7 Å². The molecular weight excluding hydrogens is 474 g/mol. The maximum atomic E-state index is 13.2. The number of likely N-dealkylation sites (tertiary alicyclic amines) is 1. The predicted octanol–water partition coefficient (Wildman–Crippen LogP) is 2.18. The zero-order valence-corrected chi connectivity index (χ0v) is 20.8. The van der Waals surface area contributed by atoms with Crippen LogP contribution in [0.15, 0.2) is 29.4 Å². The van der Waals surface area contributed by atoms with Gasteiger partial charge in [-0.2, -0.15) is 13.1 Å².